The summed E-state index contributed by atoms with van der Waals surface area (Å²) in [6.45, 7) is 4.23. The van der Waals surface area contributed by atoms with Gasteiger partial charge in [-0.3, -0.25) is 0 Å². The Kier molecular flexibility index (Phi) is 5.87. The Morgan fingerprint density at radius 2 is 1.85 bits per heavy atom. The zero-order valence-corrected chi connectivity index (χ0v) is 15.0. The van der Waals surface area contributed by atoms with Gasteiger partial charge in [-0.05, 0) is 43.9 Å². The van der Waals surface area contributed by atoms with Crippen LogP contribution in [0.15, 0.2) is 36.4 Å². The molecule has 0 radical (unpaired) electrons. The van der Waals surface area contributed by atoms with Gasteiger partial charge in [-0.25, -0.2) is 13.2 Å². The van der Waals surface area contributed by atoms with Crippen LogP contribution >= 0.6 is 0 Å². The summed E-state index contributed by atoms with van der Waals surface area (Å²) in [7, 11) is 0. The second-order valence-electron chi connectivity index (χ2n) is 6.62. The van der Waals surface area contributed by atoms with Crippen LogP contribution in [0.5, 0.6) is 5.75 Å². The number of hydrogen-bond acceptors (Lipinski definition) is 2. The minimum Gasteiger partial charge on any atom is -0.493 e. The van der Waals surface area contributed by atoms with Crippen LogP contribution in [0.1, 0.15) is 60.5 Å². The molecule has 1 aliphatic heterocycles. The van der Waals surface area contributed by atoms with Gasteiger partial charge in [0.25, 0.3) is 6.43 Å². The lowest BCUT2D eigenvalue weighted by Gasteiger charge is -2.30. The summed E-state index contributed by atoms with van der Waals surface area (Å²) >= 11 is 0. The molecule has 1 fully saturated rings. The molecule has 2 aromatic rings. The largest absolute Gasteiger partial charge is 0.493 e. The van der Waals surface area contributed by atoms with E-state index < -0.39 is 17.8 Å². The summed E-state index contributed by atoms with van der Waals surface area (Å²) in [6.07, 6.45) is -1.54. The van der Waals surface area contributed by atoms with E-state index in [1.54, 1.807) is 13.0 Å². The second kappa shape index (κ2) is 8.12. The highest BCUT2D eigenvalue weighted by Gasteiger charge is 2.29. The first-order valence-corrected chi connectivity index (χ1v) is 8.92. The number of alkyl halides is 2. The number of ether oxygens (including phenoxy) is 2. The Hall–Kier alpha value is -2.01. The van der Waals surface area contributed by atoms with Crippen molar-refractivity contribution in [2.45, 2.75) is 45.1 Å². The highest BCUT2D eigenvalue weighted by molar-refractivity contribution is 5.41. The molecule has 0 aromatic heterocycles. The molecule has 140 valence electrons. The van der Waals surface area contributed by atoms with Gasteiger partial charge in [-0.15, -0.1) is 0 Å². The van der Waals surface area contributed by atoms with Crippen LogP contribution in [0.3, 0.4) is 0 Å². The minimum absolute atomic E-state index is 0.0350. The van der Waals surface area contributed by atoms with Crippen molar-refractivity contribution in [3.8, 4) is 5.75 Å². The van der Waals surface area contributed by atoms with E-state index in [0.29, 0.717) is 13.0 Å². The normalized spacial score (nSPS) is 20.4. The van der Waals surface area contributed by atoms with Crippen molar-refractivity contribution in [2.24, 2.45) is 0 Å². The van der Waals surface area contributed by atoms with Crippen molar-refractivity contribution < 1.29 is 22.6 Å². The highest BCUT2D eigenvalue weighted by Crippen LogP contribution is 2.40. The first-order valence-electron chi connectivity index (χ1n) is 8.92. The third-order valence-corrected chi connectivity index (χ3v) is 4.85. The molecule has 5 heteroatoms. The molecular formula is C21H23F3O2. The Labute approximate surface area is 151 Å². The maximum Gasteiger partial charge on any atom is 0.270 e. The fourth-order valence-corrected chi connectivity index (χ4v) is 3.43. The monoisotopic (exact) mass is 364 g/mol. The summed E-state index contributed by atoms with van der Waals surface area (Å²) in [4.78, 5) is 0. The van der Waals surface area contributed by atoms with Crippen LogP contribution in [0.4, 0.5) is 13.2 Å². The molecule has 0 saturated carbocycles. The fourth-order valence-electron chi connectivity index (χ4n) is 3.43. The second-order valence-corrected chi connectivity index (χ2v) is 6.62. The molecule has 0 N–H and O–H groups in total. The van der Waals surface area contributed by atoms with Crippen molar-refractivity contribution in [2.75, 3.05) is 13.2 Å². The quantitative estimate of drug-likeness (QED) is 0.638. The number of aryl methyl sites for hydroxylation is 1. The Balaban J connectivity index is 1.76. The smallest absolute Gasteiger partial charge is 0.270 e. The predicted molar refractivity (Wildman–Crippen MR) is 94.4 cm³/mol. The third kappa shape index (κ3) is 3.88. The molecule has 0 amide bonds. The fraction of sp³-hybridized carbons (Fsp3) is 0.429. The molecule has 2 aromatic carbocycles. The van der Waals surface area contributed by atoms with E-state index in [1.807, 2.05) is 31.2 Å². The van der Waals surface area contributed by atoms with Gasteiger partial charge in [0.05, 0.1) is 24.9 Å². The summed E-state index contributed by atoms with van der Waals surface area (Å²) in [6, 6.07) is 11.1. The van der Waals surface area contributed by atoms with Gasteiger partial charge < -0.3 is 9.47 Å². The van der Waals surface area contributed by atoms with Crippen molar-refractivity contribution >= 4 is 0 Å². The average Bonchev–Trinajstić information content (AvgIpc) is 2.63. The van der Waals surface area contributed by atoms with Crippen LogP contribution in [0, 0.1) is 12.7 Å². The molecule has 2 atom stereocenters. The van der Waals surface area contributed by atoms with Gasteiger partial charge in [0.2, 0.25) is 0 Å². The zero-order chi connectivity index (χ0) is 18.7. The maximum atomic E-state index is 14.7. The lowest BCUT2D eigenvalue weighted by molar-refractivity contribution is 0.00156. The van der Waals surface area contributed by atoms with Crippen molar-refractivity contribution in [1.82, 2.24) is 0 Å². The standard InChI is InChI=1S/C21H23F3O2/c1-3-25-18-11-9-16(20(22)19(18)21(23)24)15-8-10-17(26-12-15)14-6-4-13(2)5-7-14/h4-7,9,11,15,17,21H,3,8,10,12H2,1-2H3. The molecule has 26 heavy (non-hydrogen) atoms. The summed E-state index contributed by atoms with van der Waals surface area (Å²) in [5.74, 6) is -1.18. The number of benzene rings is 2. The minimum atomic E-state index is -2.92. The van der Waals surface area contributed by atoms with Gasteiger partial charge in [-0.1, -0.05) is 35.9 Å². The van der Waals surface area contributed by atoms with Gasteiger partial charge in [0.1, 0.15) is 11.6 Å². The highest BCUT2D eigenvalue weighted by atomic mass is 19.3. The maximum absolute atomic E-state index is 14.7. The summed E-state index contributed by atoms with van der Waals surface area (Å²) in [5.41, 5.74) is 1.91. The molecule has 1 aliphatic rings. The van der Waals surface area contributed by atoms with Crippen molar-refractivity contribution in [3.05, 3.63) is 64.5 Å². The molecule has 0 bridgehead atoms. The van der Waals surface area contributed by atoms with Crippen molar-refractivity contribution in [1.29, 1.82) is 0 Å². The lowest BCUT2D eigenvalue weighted by Crippen LogP contribution is -2.20. The molecule has 1 saturated heterocycles. The molecule has 0 aliphatic carbocycles. The molecule has 3 rings (SSSR count). The molecule has 1 heterocycles. The number of hydrogen-bond donors (Lipinski definition) is 0. The molecule has 0 spiro atoms. The van der Waals surface area contributed by atoms with Gasteiger partial charge in [-0.2, -0.15) is 0 Å². The van der Waals surface area contributed by atoms with Gasteiger partial charge in [0.15, 0.2) is 0 Å². The van der Waals surface area contributed by atoms with Gasteiger partial charge in [0, 0.05) is 5.92 Å². The Bertz CT molecular complexity index is 736. The average molecular weight is 364 g/mol. The predicted octanol–water partition coefficient (Wildman–Crippen LogP) is 6.11. The van der Waals surface area contributed by atoms with E-state index in [-0.39, 0.29) is 29.9 Å². The van der Waals surface area contributed by atoms with Crippen LogP contribution in [-0.2, 0) is 4.74 Å². The Morgan fingerprint density at radius 1 is 1.12 bits per heavy atom. The van der Waals surface area contributed by atoms with Crippen molar-refractivity contribution in [3.63, 3.8) is 0 Å². The molecule has 2 unspecified atom stereocenters. The van der Waals surface area contributed by atoms with Crippen LogP contribution in [0.25, 0.3) is 0 Å². The molecular weight excluding hydrogens is 341 g/mol. The summed E-state index contributed by atoms with van der Waals surface area (Å²) in [5, 5.41) is 0. The topological polar surface area (TPSA) is 18.5 Å². The summed E-state index contributed by atoms with van der Waals surface area (Å²) < 4.78 is 52.5. The van der Waals surface area contributed by atoms with Crippen LogP contribution in [0.2, 0.25) is 0 Å². The number of halogens is 3. The Morgan fingerprint density at radius 3 is 2.42 bits per heavy atom. The van der Waals surface area contributed by atoms with E-state index in [4.69, 9.17) is 9.47 Å². The van der Waals surface area contributed by atoms with E-state index in [1.165, 1.54) is 11.6 Å². The third-order valence-electron chi connectivity index (χ3n) is 4.85. The van der Waals surface area contributed by atoms with E-state index >= 15 is 0 Å². The number of rotatable bonds is 5. The first-order chi connectivity index (χ1) is 12.5. The van der Waals surface area contributed by atoms with Crippen LogP contribution < -0.4 is 4.74 Å². The molecule has 2 nitrogen and oxygen atoms in total. The van der Waals surface area contributed by atoms with E-state index in [9.17, 15) is 13.2 Å². The van der Waals surface area contributed by atoms with E-state index in [0.717, 1.165) is 12.0 Å². The van der Waals surface area contributed by atoms with E-state index in [2.05, 4.69) is 0 Å². The first kappa shape index (κ1) is 18.8. The van der Waals surface area contributed by atoms with Crippen LogP contribution in [-0.4, -0.2) is 13.2 Å². The lowest BCUT2D eigenvalue weighted by atomic mass is 9.88. The SMILES string of the molecule is CCOc1ccc(C2CCC(c3ccc(C)cc3)OC2)c(F)c1C(F)F. The zero-order valence-electron chi connectivity index (χ0n) is 15.0. The van der Waals surface area contributed by atoms with Gasteiger partial charge >= 0.3 is 0 Å².